The van der Waals surface area contributed by atoms with Gasteiger partial charge in [0.2, 0.25) is 0 Å². The predicted octanol–water partition coefficient (Wildman–Crippen LogP) is 3.78. The molecule has 3 heteroatoms. The van der Waals surface area contributed by atoms with Gasteiger partial charge in [0.05, 0.1) is 5.60 Å². The SMILES string of the molecule is C[C@H](NCCNCC1(O)CCCCC1)c1cccc2ccccc12. The highest BCUT2D eigenvalue weighted by Gasteiger charge is 2.28. The van der Waals surface area contributed by atoms with Crippen LogP contribution in [0.15, 0.2) is 42.5 Å². The van der Waals surface area contributed by atoms with Crippen LogP contribution in [0.1, 0.15) is 50.6 Å². The Labute approximate surface area is 145 Å². The molecule has 1 saturated carbocycles. The molecule has 3 rings (SSSR count). The van der Waals surface area contributed by atoms with E-state index in [1.165, 1.54) is 22.8 Å². The number of aliphatic hydroxyl groups is 1. The van der Waals surface area contributed by atoms with Gasteiger partial charge in [-0.2, -0.15) is 0 Å². The van der Waals surface area contributed by atoms with Crippen LogP contribution in [0, 0.1) is 0 Å². The fourth-order valence-electron chi connectivity index (χ4n) is 3.82. The van der Waals surface area contributed by atoms with Crippen LogP contribution in [0.2, 0.25) is 0 Å². The second-order valence-corrected chi connectivity index (χ2v) is 7.21. The van der Waals surface area contributed by atoms with Gasteiger partial charge in [-0.05, 0) is 36.1 Å². The zero-order valence-electron chi connectivity index (χ0n) is 14.7. The quantitative estimate of drug-likeness (QED) is 0.679. The van der Waals surface area contributed by atoms with Gasteiger partial charge >= 0.3 is 0 Å². The molecule has 1 fully saturated rings. The molecule has 1 atom stereocenters. The van der Waals surface area contributed by atoms with Gasteiger partial charge in [0.15, 0.2) is 0 Å². The maximum atomic E-state index is 10.5. The topological polar surface area (TPSA) is 44.3 Å². The molecule has 0 saturated heterocycles. The summed E-state index contributed by atoms with van der Waals surface area (Å²) in [6, 6.07) is 15.4. The maximum Gasteiger partial charge on any atom is 0.0771 e. The maximum absolute atomic E-state index is 10.5. The molecule has 2 aromatic carbocycles. The largest absolute Gasteiger partial charge is 0.389 e. The van der Waals surface area contributed by atoms with E-state index in [2.05, 4.69) is 60.0 Å². The van der Waals surface area contributed by atoms with Crippen molar-refractivity contribution in [2.75, 3.05) is 19.6 Å². The first-order valence-corrected chi connectivity index (χ1v) is 9.32. The second kappa shape index (κ2) is 8.11. The smallest absolute Gasteiger partial charge is 0.0771 e. The molecule has 3 N–H and O–H groups in total. The third-order valence-corrected chi connectivity index (χ3v) is 5.28. The summed E-state index contributed by atoms with van der Waals surface area (Å²) in [5.41, 5.74) is 0.874. The van der Waals surface area contributed by atoms with E-state index in [1.54, 1.807) is 0 Å². The Balaban J connectivity index is 1.46. The Morgan fingerprint density at radius 2 is 1.75 bits per heavy atom. The zero-order valence-corrected chi connectivity index (χ0v) is 14.7. The summed E-state index contributed by atoms with van der Waals surface area (Å²) in [5.74, 6) is 0. The summed E-state index contributed by atoms with van der Waals surface area (Å²) in [4.78, 5) is 0. The molecule has 0 aromatic heterocycles. The van der Waals surface area contributed by atoms with Crippen molar-refractivity contribution in [1.29, 1.82) is 0 Å². The van der Waals surface area contributed by atoms with E-state index < -0.39 is 5.60 Å². The van der Waals surface area contributed by atoms with Gasteiger partial charge in [0.25, 0.3) is 0 Å². The minimum atomic E-state index is -0.473. The number of rotatable bonds is 7. The second-order valence-electron chi connectivity index (χ2n) is 7.21. The predicted molar refractivity (Wildman–Crippen MR) is 101 cm³/mol. The lowest BCUT2D eigenvalue weighted by Crippen LogP contribution is -2.43. The van der Waals surface area contributed by atoms with Crippen molar-refractivity contribution in [2.45, 2.75) is 50.7 Å². The van der Waals surface area contributed by atoms with Crippen molar-refractivity contribution < 1.29 is 5.11 Å². The zero-order chi connectivity index (χ0) is 16.8. The van der Waals surface area contributed by atoms with E-state index in [1.807, 2.05) is 0 Å². The molecule has 0 bridgehead atoms. The fourth-order valence-corrected chi connectivity index (χ4v) is 3.82. The summed E-state index contributed by atoms with van der Waals surface area (Å²) < 4.78 is 0. The molecule has 0 heterocycles. The van der Waals surface area contributed by atoms with Crippen molar-refractivity contribution in [1.82, 2.24) is 10.6 Å². The molecule has 3 nitrogen and oxygen atoms in total. The first-order valence-electron chi connectivity index (χ1n) is 9.32. The minimum Gasteiger partial charge on any atom is -0.389 e. The van der Waals surface area contributed by atoms with Gasteiger partial charge in [0.1, 0.15) is 0 Å². The van der Waals surface area contributed by atoms with E-state index >= 15 is 0 Å². The minimum absolute atomic E-state index is 0.315. The van der Waals surface area contributed by atoms with Gasteiger partial charge in [-0.25, -0.2) is 0 Å². The first kappa shape index (κ1) is 17.4. The lowest BCUT2D eigenvalue weighted by atomic mass is 9.85. The Bertz CT molecular complexity index is 644. The lowest BCUT2D eigenvalue weighted by Gasteiger charge is -2.32. The van der Waals surface area contributed by atoms with Crippen molar-refractivity contribution in [3.8, 4) is 0 Å². The molecule has 130 valence electrons. The highest BCUT2D eigenvalue weighted by molar-refractivity contribution is 5.86. The van der Waals surface area contributed by atoms with E-state index in [-0.39, 0.29) is 0 Å². The van der Waals surface area contributed by atoms with Gasteiger partial charge in [0, 0.05) is 25.7 Å². The van der Waals surface area contributed by atoms with Crippen LogP contribution < -0.4 is 10.6 Å². The van der Waals surface area contributed by atoms with Gasteiger partial charge in [-0.15, -0.1) is 0 Å². The van der Waals surface area contributed by atoms with E-state index in [0.717, 1.165) is 45.3 Å². The average Bonchev–Trinajstić information content (AvgIpc) is 2.61. The van der Waals surface area contributed by atoms with Crippen molar-refractivity contribution in [3.63, 3.8) is 0 Å². The molecule has 2 aromatic rings. The Morgan fingerprint density at radius 3 is 2.58 bits per heavy atom. The van der Waals surface area contributed by atoms with Crippen molar-refractivity contribution in [3.05, 3.63) is 48.0 Å². The Kier molecular flexibility index (Phi) is 5.88. The van der Waals surface area contributed by atoms with Crippen LogP contribution in [0.5, 0.6) is 0 Å². The summed E-state index contributed by atoms with van der Waals surface area (Å²) in [5, 5.41) is 20.1. The highest BCUT2D eigenvalue weighted by atomic mass is 16.3. The average molecular weight is 326 g/mol. The highest BCUT2D eigenvalue weighted by Crippen LogP contribution is 2.27. The standard InChI is InChI=1S/C21H30N2O/c1-17(19-11-7-9-18-8-3-4-10-20(18)19)23-15-14-22-16-21(24)12-5-2-6-13-21/h3-4,7-11,17,22-24H,2,5-6,12-16H2,1H3/t17-/m0/s1. The van der Waals surface area contributed by atoms with Gasteiger partial charge < -0.3 is 15.7 Å². The summed E-state index contributed by atoms with van der Waals surface area (Å²) in [6.07, 6.45) is 5.48. The Hall–Kier alpha value is -1.42. The van der Waals surface area contributed by atoms with Crippen LogP contribution >= 0.6 is 0 Å². The lowest BCUT2D eigenvalue weighted by molar-refractivity contribution is 0.00516. The van der Waals surface area contributed by atoms with Crippen molar-refractivity contribution in [2.24, 2.45) is 0 Å². The monoisotopic (exact) mass is 326 g/mol. The number of hydrogen-bond donors (Lipinski definition) is 3. The summed E-state index contributed by atoms with van der Waals surface area (Å²) in [7, 11) is 0. The molecule has 0 radical (unpaired) electrons. The molecule has 1 aliphatic carbocycles. The van der Waals surface area contributed by atoms with E-state index in [4.69, 9.17) is 0 Å². The van der Waals surface area contributed by atoms with Crippen LogP contribution in [0.3, 0.4) is 0 Å². The van der Waals surface area contributed by atoms with Crippen molar-refractivity contribution >= 4 is 10.8 Å². The van der Waals surface area contributed by atoms with E-state index in [9.17, 15) is 5.11 Å². The van der Waals surface area contributed by atoms with Crippen LogP contribution in [-0.4, -0.2) is 30.3 Å². The molecule has 1 aliphatic rings. The fraction of sp³-hybridized carbons (Fsp3) is 0.524. The van der Waals surface area contributed by atoms with Gasteiger partial charge in [-0.3, -0.25) is 0 Å². The number of benzene rings is 2. The molecule has 0 aliphatic heterocycles. The first-order chi connectivity index (χ1) is 11.7. The number of nitrogens with one attached hydrogen (secondary N) is 2. The van der Waals surface area contributed by atoms with Crippen LogP contribution in [-0.2, 0) is 0 Å². The molecule has 0 amide bonds. The number of fused-ring (bicyclic) bond motifs is 1. The van der Waals surface area contributed by atoms with Crippen LogP contribution in [0.25, 0.3) is 10.8 Å². The molecular weight excluding hydrogens is 296 g/mol. The third-order valence-electron chi connectivity index (χ3n) is 5.28. The molecule has 24 heavy (non-hydrogen) atoms. The summed E-state index contributed by atoms with van der Waals surface area (Å²) >= 11 is 0. The van der Waals surface area contributed by atoms with E-state index in [0.29, 0.717) is 6.04 Å². The summed E-state index contributed by atoms with van der Waals surface area (Å²) in [6.45, 7) is 4.73. The third kappa shape index (κ3) is 4.35. The molecule has 0 spiro atoms. The normalized spacial score (nSPS) is 18.6. The van der Waals surface area contributed by atoms with Crippen LogP contribution in [0.4, 0.5) is 0 Å². The Morgan fingerprint density at radius 1 is 1.00 bits per heavy atom. The molecule has 0 unspecified atom stereocenters. The molecular formula is C21H30N2O. The number of hydrogen-bond acceptors (Lipinski definition) is 3. The van der Waals surface area contributed by atoms with Gasteiger partial charge in [-0.1, -0.05) is 61.7 Å².